The number of Topliss-reactive ketones (excluding diaryl/α,β-unsaturated/α-hetero) is 3. The SMILES string of the molecule is COc1ccc([C@@H]2[C@H](C(=O)c3ccccc3)C(=O)C[C@@](C)(O)[C@@H]2C(=O)c2ccccc2)cc1. The Morgan fingerprint density at radius 1 is 0.848 bits per heavy atom. The number of hydrogen-bond acceptors (Lipinski definition) is 5. The number of rotatable bonds is 6. The lowest BCUT2D eigenvalue weighted by Gasteiger charge is -2.45. The number of carbonyl (C=O) groups excluding carboxylic acids is 3. The van der Waals surface area contributed by atoms with Crippen molar-refractivity contribution in [1.82, 2.24) is 0 Å². The molecule has 1 fully saturated rings. The predicted molar refractivity (Wildman–Crippen MR) is 125 cm³/mol. The van der Waals surface area contributed by atoms with Crippen LogP contribution in [0.15, 0.2) is 84.9 Å². The minimum absolute atomic E-state index is 0.272. The molecule has 0 saturated heterocycles. The molecule has 1 saturated carbocycles. The van der Waals surface area contributed by atoms with Crippen LogP contribution in [0.2, 0.25) is 0 Å². The summed E-state index contributed by atoms with van der Waals surface area (Å²) in [6.45, 7) is 1.51. The van der Waals surface area contributed by atoms with Crippen LogP contribution in [-0.4, -0.2) is 35.2 Å². The number of carbonyl (C=O) groups is 3. The maximum atomic E-state index is 13.7. The molecule has 0 radical (unpaired) electrons. The summed E-state index contributed by atoms with van der Waals surface area (Å²) < 4.78 is 5.26. The summed E-state index contributed by atoms with van der Waals surface area (Å²) in [6.07, 6.45) is -0.272. The smallest absolute Gasteiger partial charge is 0.173 e. The fourth-order valence-electron chi connectivity index (χ4n) is 4.88. The van der Waals surface area contributed by atoms with Gasteiger partial charge in [-0.25, -0.2) is 0 Å². The molecular weight excluding hydrogens is 416 g/mol. The Labute approximate surface area is 193 Å². The van der Waals surface area contributed by atoms with Crippen molar-refractivity contribution in [2.75, 3.05) is 7.11 Å². The summed E-state index contributed by atoms with van der Waals surface area (Å²) in [6, 6.07) is 24.3. The van der Waals surface area contributed by atoms with Crippen molar-refractivity contribution >= 4 is 17.3 Å². The topological polar surface area (TPSA) is 80.7 Å². The maximum Gasteiger partial charge on any atom is 0.173 e. The highest BCUT2D eigenvalue weighted by molar-refractivity contribution is 6.13. The van der Waals surface area contributed by atoms with E-state index in [0.29, 0.717) is 22.4 Å². The molecule has 0 bridgehead atoms. The van der Waals surface area contributed by atoms with Crippen molar-refractivity contribution in [3.63, 3.8) is 0 Å². The van der Waals surface area contributed by atoms with E-state index in [1.807, 2.05) is 6.07 Å². The predicted octanol–water partition coefficient (Wildman–Crippen LogP) is 4.50. The van der Waals surface area contributed by atoms with Gasteiger partial charge < -0.3 is 9.84 Å². The summed E-state index contributed by atoms with van der Waals surface area (Å²) in [5.74, 6) is -3.28. The molecule has 0 heterocycles. The maximum absolute atomic E-state index is 13.7. The molecule has 1 aliphatic rings. The lowest BCUT2D eigenvalue weighted by molar-refractivity contribution is -0.134. The molecule has 5 heteroatoms. The van der Waals surface area contributed by atoms with Crippen LogP contribution in [0.4, 0.5) is 0 Å². The zero-order valence-electron chi connectivity index (χ0n) is 18.6. The standard InChI is InChI=1S/C28H26O5/c1-28(32)17-22(29)24(26(30)19-9-5-3-6-10-19)23(18-13-15-21(33-2)16-14-18)25(28)27(31)20-11-7-4-8-12-20/h3-16,23-25,32H,17H2,1-2H3/t23-,24-,25+,28-/m1/s1. The van der Waals surface area contributed by atoms with E-state index in [2.05, 4.69) is 0 Å². The highest BCUT2D eigenvalue weighted by atomic mass is 16.5. The van der Waals surface area contributed by atoms with E-state index >= 15 is 0 Å². The number of ether oxygens (including phenoxy) is 1. The monoisotopic (exact) mass is 442 g/mol. The van der Waals surface area contributed by atoms with Gasteiger partial charge in [-0.1, -0.05) is 72.8 Å². The first-order valence-corrected chi connectivity index (χ1v) is 10.9. The minimum Gasteiger partial charge on any atom is -0.497 e. The molecule has 0 aliphatic heterocycles. The summed E-state index contributed by atoms with van der Waals surface area (Å²) in [5.41, 5.74) is -0.140. The average Bonchev–Trinajstić information content (AvgIpc) is 2.83. The third kappa shape index (κ3) is 4.37. The van der Waals surface area contributed by atoms with Gasteiger partial charge in [-0.3, -0.25) is 14.4 Å². The van der Waals surface area contributed by atoms with Crippen LogP contribution >= 0.6 is 0 Å². The Hall–Kier alpha value is -3.57. The Morgan fingerprint density at radius 2 is 1.36 bits per heavy atom. The Kier molecular flexibility index (Phi) is 6.25. The average molecular weight is 443 g/mol. The molecule has 168 valence electrons. The summed E-state index contributed by atoms with van der Waals surface area (Å²) in [5, 5.41) is 11.4. The highest BCUT2D eigenvalue weighted by Crippen LogP contribution is 2.48. The molecule has 3 aromatic rings. The first-order valence-electron chi connectivity index (χ1n) is 10.9. The van der Waals surface area contributed by atoms with Gasteiger partial charge in [0.05, 0.1) is 24.5 Å². The molecule has 0 amide bonds. The second-order valence-corrected chi connectivity index (χ2v) is 8.72. The normalized spacial score (nSPS) is 24.8. The summed E-state index contributed by atoms with van der Waals surface area (Å²) in [4.78, 5) is 40.6. The first kappa shape index (κ1) is 22.6. The van der Waals surface area contributed by atoms with Crippen molar-refractivity contribution in [1.29, 1.82) is 0 Å². The van der Waals surface area contributed by atoms with E-state index < -0.39 is 23.4 Å². The Bertz CT molecular complexity index is 1150. The molecule has 0 spiro atoms. The number of aliphatic hydroxyl groups is 1. The van der Waals surface area contributed by atoms with Gasteiger partial charge in [0.2, 0.25) is 0 Å². The van der Waals surface area contributed by atoms with E-state index in [1.165, 1.54) is 6.92 Å². The van der Waals surface area contributed by atoms with Crippen molar-refractivity contribution < 1.29 is 24.2 Å². The minimum atomic E-state index is -1.61. The fraction of sp³-hybridized carbons (Fsp3) is 0.250. The van der Waals surface area contributed by atoms with Gasteiger partial charge in [0.25, 0.3) is 0 Å². The number of hydrogen-bond donors (Lipinski definition) is 1. The molecule has 5 nitrogen and oxygen atoms in total. The second kappa shape index (κ2) is 9.12. The van der Waals surface area contributed by atoms with Crippen molar-refractivity contribution in [3.05, 3.63) is 102 Å². The molecule has 4 atom stereocenters. The third-order valence-corrected chi connectivity index (χ3v) is 6.45. The first-order chi connectivity index (χ1) is 15.8. The van der Waals surface area contributed by atoms with E-state index in [4.69, 9.17) is 4.74 Å². The van der Waals surface area contributed by atoms with Gasteiger partial charge in [-0.15, -0.1) is 0 Å². The zero-order valence-corrected chi connectivity index (χ0v) is 18.6. The quantitative estimate of drug-likeness (QED) is 0.449. The van der Waals surface area contributed by atoms with Crippen LogP contribution in [0, 0.1) is 11.8 Å². The molecule has 0 aromatic heterocycles. The zero-order chi connectivity index (χ0) is 23.6. The molecule has 33 heavy (non-hydrogen) atoms. The van der Waals surface area contributed by atoms with E-state index in [9.17, 15) is 19.5 Å². The van der Waals surface area contributed by atoms with Crippen LogP contribution in [-0.2, 0) is 4.79 Å². The lowest BCUT2D eigenvalue weighted by atomic mass is 9.58. The summed E-state index contributed by atoms with van der Waals surface area (Å²) >= 11 is 0. The van der Waals surface area contributed by atoms with Gasteiger partial charge in [0.15, 0.2) is 11.6 Å². The van der Waals surface area contributed by atoms with Crippen LogP contribution in [0.3, 0.4) is 0 Å². The van der Waals surface area contributed by atoms with Crippen LogP contribution in [0.1, 0.15) is 45.5 Å². The van der Waals surface area contributed by atoms with Crippen molar-refractivity contribution in [3.8, 4) is 5.75 Å². The number of benzene rings is 3. The number of methoxy groups -OCH3 is 1. The van der Waals surface area contributed by atoms with Crippen molar-refractivity contribution in [2.45, 2.75) is 24.9 Å². The summed E-state index contributed by atoms with van der Waals surface area (Å²) in [7, 11) is 1.55. The van der Waals surface area contributed by atoms with E-state index in [-0.39, 0.29) is 23.8 Å². The molecule has 4 rings (SSSR count). The van der Waals surface area contributed by atoms with Crippen LogP contribution in [0.25, 0.3) is 0 Å². The van der Waals surface area contributed by atoms with Gasteiger partial charge >= 0.3 is 0 Å². The van der Waals surface area contributed by atoms with Gasteiger partial charge in [-0.2, -0.15) is 0 Å². The molecule has 0 unspecified atom stereocenters. The lowest BCUT2D eigenvalue weighted by Crippen LogP contribution is -2.54. The third-order valence-electron chi connectivity index (χ3n) is 6.45. The number of ketones is 3. The Morgan fingerprint density at radius 3 is 1.88 bits per heavy atom. The van der Waals surface area contributed by atoms with Gasteiger partial charge in [0.1, 0.15) is 11.5 Å². The fourth-order valence-corrected chi connectivity index (χ4v) is 4.88. The molecule has 1 N–H and O–H groups in total. The van der Waals surface area contributed by atoms with Gasteiger partial charge in [0, 0.05) is 23.5 Å². The van der Waals surface area contributed by atoms with E-state index in [1.54, 1.807) is 86.0 Å². The second-order valence-electron chi connectivity index (χ2n) is 8.72. The largest absolute Gasteiger partial charge is 0.497 e. The van der Waals surface area contributed by atoms with Crippen LogP contribution in [0.5, 0.6) is 5.75 Å². The Balaban J connectivity index is 1.88. The van der Waals surface area contributed by atoms with E-state index in [0.717, 1.165) is 0 Å². The van der Waals surface area contributed by atoms with Gasteiger partial charge in [-0.05, 0) is 24.6 Å². The molecular formula is C28H26O5. The molecule has 1 aliphatic carbocycles. The van der Waals surface area contributed by atoms with Crippen LogP contribution < -0.4 is 4.74 Å². The van der Waals surface area contributed by atoms with Crippen molar-refractivity contribution in [2.24, 2.45) is 11.8 Å². The highest BCUT2D eigenvalue weighted by Gasteiger charge is 2.55. The molecule has 3 aromatic carbocycles.